The fourth-order valence-electron chi connectivity index (χ4n) is 2.05. The van der Waals surface area contributed by atoms with Gasteiger partial charge in [0.25, 0.3) is 0 Å². The Morgan fingerprint density at radius 3 is 2.88 bits per heavy atom. The number of β-amino-alcohol motifs (C(OH)–C–C–N with tert-alkyl or cyclic N) is 1. The Hall–Kier alpha value is -1.26. The number of aliphatic hydroxyl groups is 1. The lowest BCUT2D eigenvalue weighted by atomic mass is 10.2. The average molecular weight is 236 g/mol. The number of nitrogens with zero attached hydrogens (tertiary/aromatic N) is 1. The molecular weight excluding hydrogens is 216 g/mol. The number of aliphatic hydroxyl groups excluding tert-OH is 1. The largest absolute Gasteiger partial charge is 0.494 e. The quantitative estimate of drug-likeness (QED) is 0.817. The van der Waals surface area contributed by atoms with E-state index in [1.54, 1.807) is 0 Å². The van der Waals surface area contributed by atoms with E-state index in [0.717, 1.165) is 24.5 Å². The van der Waals surface area contributed by atoms with Gasteiger partial charge in [-0.25, -0.2) is 0 Å². The Labute approximate surface area is 102 Å². The van der Waals surface area contributed by atoms with Crippen LogP contribution in [0.5, 0.6) is 5.75 Å². The molecule has 1 aromatic carbocycles. The first-order chi connectivity index (χ1) is 8.29. The van der Waals surface area contributed by atoms with Crippen molar-refractivity contribution in [2.75, 3.05) is 37.7 Å². The summed E-state index contributed by atoms with van der Waals surface area (Å²) in [4.78, 5) is 2.19. The highest BCUT2D eigenvalue weighted by Gasteiger charge is 2.15. The molecule has 1 heterocycles. The number of rotatable bonds is 3. The number of hydrogen-bond acceptors (Lipinski definition) is 4. The summed E-state index contributed by atoms with van der Waals surface area (Å²) in [6.45, 7) is 5.85. The molecule has 0 radical (unpaired) electrons. The molecule has 0 amide bonds. The first kappa shape index (κ1) is 12.2. The molecule has 0 spiro atoms. The van der Waals surface area contributed by atoms with Crippen LogP contribution in [0.1, 0.15) is 6.92 Å². The van der Waals surface area contributed by atoms with Crippen LogP contribution in [-0.4, -0.2) is 44.0 Å². The molecule has 4 heteroatoms. The van der Waals surface area contributed by atoms with Gasteiger partial charge >= 0.3 is 0 Å². The molecule has 0 aliphatic carbocycles. The first-order valence-electron chi connectivity index (χ1n) is 6.16. The lowest BCUT2D eigenvalue weighted by molar-refractivity contribution is 0.185. The SMILES string of the molecule is CCOc1ccc(N2CCNCC(O)C2)cc1. The van der Waals surface area contributed by atoms with Gasteiger partial charge in [-0.2, -0.15) is 0 Å². The molecule has 0 aromatic heterocycles. The Kier molecular flexibility index (Phi) is 4.23. The summed E-state index contributed by atoms with van der Waals surface area (Å²) in [5, 5.41) is 12.9. The van der Waals surface area contributed by atoms with Crippen molar-refractivity contribution in [2.24, 2.45) is 0 Å². The molecule has 4 nitrogen and oxygen atoms in total. The summed E-state index contributed by atoms with van der Waals surface area (Å²) >= 11 is 0. The minimum Gasteiger partial charge on any atom is -0.494 e. The highest BCUT2D eigenvalue weighted by atomic mass is 16.5. The van der Waals surface area contributed by atoms with Crippen LogP contribution >= 0.6 is 0 Å². The second-order valence-corrected chi connectivity index (χ2v) is 4.23. The summed E-state index contributed by atoms with van der Waals surface area (Å²) < 4.78 is 5.41. The fourth-order valence-corrected chi connectivity index (χ4v) is 2.05. The third-order valence-electron chi connectivity index (χ3n) is 2.88. The predicted octanol–water partition coefficient (Wildman–Crippen LogP) is 0.856. The van der Waals surface area contributed by atoms with Crippen molar-refractivity contribution < 1.29 is 9.84 Å². The Balaban J connectivity index is 2.04. The van der Waals surface area contributed by atoms with E-state index in [-0.39, 0.29) is 6.10 Å². The number of benzene rings is 1. The molecule has 2 rings (SSSR count). The minimum atomic E-state index is -0.302. The van der Waals surface area contributed by atoms with Crippen LogP contribution < -0.4 is 15.0 Å². The molecule has 1 atom stereocenters. The van der Waals surface area contributed by atoms with Gasteiger partial charge in [0.1, 0.15) is 5.75 Å². The molecule has 1 aliphatic rings. The van der Waals surface area contributed by atoms with Crippen molar-refractivity contribution in [1.82, 2.24) is 5.32 Å². The van der Waals surface area contributed by atoms with Crippen LogP contribution in [-0.2, 0) is 0 Å². The van der Waals surface area contributed by atoms with E-state index in [1.807, 2.05) is 31.2 Å². The van der Waals surface area contributed by atoms with E-state index in [4.69, 9.17) is 4.74 Å². The first-order valence-corrected chi connectivity index (χ1v) is 6.16. The van der Waals surface area contributed by atoms with Crippen molar-refractivity contribution >= 4 is 5.69 Å². The number of nitrogens with one attached hydrogen (secondary N) is 1. The van der Waals surface area contributed by atoms with Gasteiger partial charge < -0.3 is 20.1 Å². The Morgan fingerprint density at radius 2 is 2.18 bits per heavy atom. The van der Waals surface area contributed by atoms with Crippen molar-refractivity contribution in [3.8, 4) is 5.75 Å². The molecular formula is C13H20N2O2. The van der Waals surface area contributed by atoms with Crippen LogP contribution in [0.2, 0.25) is 0 Å². The van der Waals surface area contributed by atoms with Gasteiger partial charge in [0.05, 0.1) is 12.7 Å². The standard InChI is InChI=1S/C13H20N2O2/c1-2-17-13-5-3-11(4-6-13)15-8-7-14-9-12(16)10-15/h3-6,12,14,16H,2,7-10H2,1H3. The maximum atomic E-state index is 9.73. The van der Waals surface area contributed by atoms with Gasteiger partial charge in [-0.1, -0.05) is 0 Å². The monoisotopic (exact) mass is 236 g/mol. The second kappa shape index (κ2) is 5.89. The molecule has 1 aliphatic heterocycles. The Bertz CT molecular complexity index is 340. The van der Waals surface area contributed by atoms with Crippen molar-refractivity contribution in [3.63, 3.8) is 0 Å². The number of ether oxygens (including phenoxy) is 1. The summed E-state index contributed by atoms with van der Waals surface area (Å²) in [6.07, 6.45) is -0.302. The summed E-state index contributed by atoms with van der Waals surface area (Å²) in [5.41, 5.74) is 1.14. The lowest BCUT2D eigenvalue weighted by Crippen LogP contribution is -2.32. The van der Waals surface area contributed by atoms with Gasteiger partial charge in [0, 0.05) is 31.9 Å². The fraction of sp³-hybridized carbons (Fsp3) is 0.538. The van der Waals surface area contributed by atoms with Crippen molar-refractivity contribution in [3.05, 3.63) is 24.3 Å². The molecule has 0 bridgehead atoms. The van der Waals surface area contributed by atoms with Gasteiger partial charge in [-0.05, 0) is 31.2 Å². The normalized spacial score (nSPS) is 21.1. The zero-order valence-corrected chi connectivity index (χ0v) is 10.2. The van der Waals surface area contributed by atoms with E-state index >= 15 is 0 Å². The summed E-state index contributed by atoms with van der Waals surface area (Å²) in [7, 11) is 0. The van der Waals surface area contributed by atoms with E-state index in [1.165, 1.54) is 0 Å². The van der Waals surface area contributed by atoms with Crippen molar-refractivity contribution in [2.45, 2.75) is 13.0 Å². The number of hydrogen-bond donors (Lipinski definition) is 2. The maximum Gasteiger partial charge on any atom is 0.119 e. The van der Waals surface area contributed by atoms with Gasteiger partial charge in [-0.15, -0.1) is 0 Å². The molecule has 2 N–H and O–H groups in total. The smallest absolute Gasteiger partial charge is 0.119 e. The Morgan fingerprint density at radius 1 is 1.41 bits per heavy atom. The topological polar surface area (TPSA) is 44.7 Å². The highest BCUT2D eigenvalue weighted by Crippen LogP contribution is 2.20. The van der Waals surface area contributed by atoms with Gasteiger partial charge in [0.15, 0.2) is 0 Å². The predicted molar refractivity (Wildman–Crippen MR) is 68.7 cm³/mol. The number of anilines is 1. The molecule has 94 valence electrons. The van der Waals surface area contributed by atoms with E-state index in [2.05, 4.69) is 10.2 Å². The third kappa shape index (κ3) is 3.35. The summed E-state index contributed by atoms with van der Waals surface area (Å²) in [6, 6.07) is 8.04. The van der Waals surface area contributed by atoms with Crippen LogP contribution in [0, 0.1) is 0 Å². The molecule has 1 fully saturated rings. The van der Waals surface area contributed by atoms with Crippen molar-refractivity contribution in [1.29, 1.82) is 0 Å². The molecule has 1 unspecified atom stereocenters. The van der Waals surface area contributed by atoms with E-state index < -0.39 is 0 Å². The van der Waals surface area contributed by atoms with Crippen LogP contribution in [0.15, 0.2) is 24.3 Å². The zero-order valence-electron chi connectivity index (χ0n) is 10.2. The van der Waals surface area contributed by atoms with E-state index in [0.29, 0.717) is 19.7 Å². The molecule has 17 heavy (non-hydrogen) atoms. The highest BCUT2D eigenvalue weighted by molar-refractivity contribution is 5.49. The molecule has 0 saturated carbocycles. The molecule has 1 aromatic rings. The zero-order chi connectivity index (χ0) is 12.1. The lowest BCUT2D eigenvalue weighted by Gasteiger charge is -2.24. The second-order valence-electron chi connectivity index (χ2n) is 4.23. The average Bonchev–Trinajstić information content (AvgIpc) is 2.55. The third-order valence-corrected chi connectivity index (χ3v) is 2.88. The maximum absolute atomic E-state index is 9.73. The van der Waals surface area contributed by atoms with Gasteiger partial charge in [-0.3, -0.25) is 0 Å². The van der Waals surface area contributed by atoms with Crippen LogP contribution in [0.4, 0.5) is 5.69 Å². The summed E-state index contributed by atoms with van der Waals surface area (Å²) in [5.74, 6) is 0.893. The van der Waals surface area contributed by atoms with E-state index in [9.17, 15) is 5.11 Å². The van der Waals surface area contributed by atoms with Crippen LogP contribution in [0.25, 0.3) is 0 Å². The van der Waals surface area contributed by atoms with Gasteiger partial charge in [0.2, 0.25) is 0 Å². The molecule has 1 saturated heterocycles. The minimum absolute atomic E-state index is 0.302. The van der Waals surface area contributed by atoms with Crippen LogP contribution in [0.3, 0.4) is 0 Å².